The van der Waals surface area contributed by atoms with Crippen molar-refractivity contribution in [3.63, 3.8) is 0 Å². The largest absolute Gasteiger partial charge is 0.293 e. The van der Waals surface area contributed by atoms with E-state index in [9.17, 15) is 0 Å². The Hall–Kier alpha value is -0.490. The van der Waals surface area contributed by atoms with E-state index in [1.807, 2.05) is 47.9 Å². The Morgan fingerprint density at radius 3 is 2.57 bits per heavy atom. The molecule has 6 heteroatoms. The average Bonchev–Trinajstić information content (AvgIpc) is 2.77. The minimum Gasteiger partial charge on any atom is -0.293 e. The molecular weight excluding hydrogens is 441 g/mol. The topological polar surface area (TPSA) is 17.8 Å². The third kappa shape index (κ3) is 2.89. The Bertz CT molecular complexity index is 827. The summed E-state index contributed by atoms with van der Waals surface area (Å²) in [7, 11) is 0. The number of fused-ring (bicyclic) bond motifs is 1. The van der Waals surface area contributed by atoms with Crippen LogP contribution in [-0.2, 0) is 0 Å². The van der Waals surface area contributed by atoms with Gasteiger partial charge in [-0.15, -0.1) is 11.6 Å². The highest BCUT2D eigenvalue weighted by Crippen LogP contribution is 2.33. The van der Waals surface area contributed by atoms with Gasteiger partial charge in [0, 0.05) is 8.59 Å². The van der Waals surface area contributed by atoms with Gasteiger partial charge in [0.2, 0.25) is 0 Å². The maximum absolute atomic E-state index is 6.41. The zero-order valence-electron chi connectivity index (χ0n) is 10.9. The molecule has 0 aliphatic carbocycles. The van der Waals surface area contributed by atoms with Gasteiger partial charge in [0.1, 0.15) is 5.82 Å². The number of halogens is 4. The van der Waals surface area contributed by atoms with E-state index >= 15 is 0 Å². The highest BCUT2D eigenvalue weighted by atomic mass is 127. The lowest BCUT2D eigenvalue weighted by Crippen LogP contribution is -2.02. The van der Waals surface area contributed by atoms with Crippen molar-refractivity contribution in [2.24, 2.45) is 0 Å². The molecule has 1 heterocycles. The molecule has 2 nitrogen and oxygen atoms in total. The molecule has 1 atom stereocenters. The number of aromatic nitrogens is 2. The molecule has 3 aromatic rings. The van der Waals surface area contributed by atoms with Gasteiger partial charge in [-0.05, 0) is 65.9 Å². The van der Waals surface area contributed by atoms with E-state index in [1.165, 1.54) is 0 Å². The van der Waals surface area contributed by atoms with Crippen molar-refractivity contribution >= 4 is 68.4 Å². The summed E-state index contributed by atoms with van der Waals surface area (Å²) in [6.45, 7) is 1.89. The zero-order valence-corrected chi connectivity index (χ0v) is 15.4. The number of hydrogen-bond donors (Lipinski definition) is 0. The molecule has 0 bridgehead atoms. The maximum atomic E-state index is 6.41. The van der Waals surface area contributed by atoms with Gasteiger partial charge >= 0.3 is 0 Å². The molecule has 21 heavy (non-hydrogen) atoms. The normalized spacial score (nSPS) is 12.8. The van der Waals surface area contributed by atoms with Crippen LogP contribution in [0.15, 0.2) is 36.4 Å². The van der Waals surface area contributed by atoms with Crippen molar-refractivity contribution in [2.75, 3.05) is 0 Å². The number of benzene rings is 2. The summed E-state index contributed by atoms with van der Waals surface area (Å²) in [5.41, 5.74) is 2.59. The van der Waals surface area contributed by atoms with Crippen molar-refractivity contribution < 1.29 is 0 Å². The first kappa shape index (κ1) is 15.4. The Morgan fingerprint density at radius 2 is 1.90 bits per heavy atom. The summed E-state index contributed by atoms with van der Waals surface area (Å²) in [5, 5.41) is 1.06. The molecule has 0 fully saturated rings. The number of hydrogen-bond acceptors (Lipinski definition) is 1. The van der Waals surface area contributed by atoms with Gasteiger partial charge in [0.05, 0.1) is 27.1 Å². The summed E-state index contributed by atoms with van der Waals surface area (Å²) in [6.07, 6.45) is 0. The van der Waals surface area contributed by atoms with E-state index in [0.29, 0.717) is 10.0 Å². The molecule has 0 amide bonds. The van der Waals surface area contributed by atoms with Gasteiger partial charge in [-0.1, -0.05) is 23.2 Å². The molecule has 1 aromatic heterocycles. The number of nitrogens with zero attached hydrogens (tertiary/aromatic N) is 2. The predicted octanol–water partition coefficient (Wildman–Crippen LogP) is 6.24. The van der Waals surface area contributed by atoms with Crippen LogP contribution in [0.25, 0.3) is 16.7 Å². The third-order valence-electron chi connectivity index (χ3n) is 3.15. The number of imidazole rings is 1. The van der Waals surface area contributed by atoms with E-state index in [2.05, 4.69) is 27.6 Å². The minimum atomic E-state index is -0.244. The van der Waals surface area contributed by atoms with Gasteiger partial charge < -0.3 is 0 Å². The second-order valence-electron chi connectivity index (χ2n) is 4.65. The Balaban J connectivity index is 2.38. The maximum Gasteiger partial charge on any atom is 0.132 e. The first-order valence-corrected chi connectivity index (χ1v) is 8.52. The standard InChI is InChI=1S/C15H10Cl3IN2/c1-8(16)15-20-12-4-2-9(17)6-14(12)21(15)13-5-3-10(19)7-11(13)18/h2-8H,1H3. The molecule has 108 valence electrons. The van der Waals surface area contributed by atoms with Crippen LogP contribution in [0.3, 0.4) is 0 Å². The smallest absolute Gasteiger partial charge is 0.132 e. The Morgan fingerprint density at radius 1 is 1.14 bits per heavy atom. The van der Waals surface area contributed by atoms with Crippen LogP contribution < -0.4 is 0 Å². The van der Waals surface area contributed by atoms with Gasteiger partial charge in [-0.25, -0.2) is 4.98 Å². The van der Waals surface area contributed by atoms with Crippen LogP contribution in [0.4, 0.5) is 0 Å². The zero-order chi connectivity index (χ0) is 15.1. The lowest BCUT2D eigenvalue weighted by molar-refractivity contribution is 0.882. The van der Waals surface area contributed by atoms with Crippen LogP contribution in [0, 0.1) is 3.57 Å². The molecule has 0 radical (unpaired) electrons. The van der Waals surface area contributed by atoms with Crippen molar-refractivity contribution in [1.82, 2.24) is 9.55 Å². The number of alkyl halides is 1. The van der Waals surface area contributed by atoms with Crippen molar-refractivity contribution in [3.05, 3.63) is 55.8 Å². The first-order chi connectivity index (χ1) is 9.97. The fourth-order valence-electron chi connectivity index (χ4n) is 2.25. The summed E-state index contributed by atoms with van der Waals surface area (Å²) in [5.74, 6) is 0.747. The molecule has 0 saturated carbocycles. The molecule has 0 saturated heterocycles. The van der Waals surface area contributed by atoms with Crippen LogP contribution in [0.5, 0.6) is 0 Å². The molecule has 0 aliphatic rings. The summed E-state index contributed by atoms with van der Waals surface area (Å²) in [4.78, 5) is 4.61. The molecule has 0 N–H and O–H groups in total. The first-order valence-electron chi connectivity index (χ1n) is 6.25. The second-order valence-corrected chi connectivity index (χ2v) is 7.39. The van der Waals surface area contributed by atoms with Crippen LogP contribution >= 0.6 is 57.4 Å². The van der Waals surface area contributed by atoms with Crippen LogP contribution in [0.1, 0.15) is 18.1 Å². The molecule has 0 aliphatic heterocycles. The fourth-order valence-corrected chi connectivity index (χ4v) is 3.50. The third-order valence-corrected chi connectivity index (χ3v) is 4.55. The average molecular weight is 452 g/mol. The summed E-state index contributed by atoms with van der Waals surface area (Å²) in [6, 6.07) is 11.5. The van der Waals surface area contributed by atoms with Gasteiger partial charge in [0.15, 0.2) is 0 Å². The van der Waals surface area contributed by atoms with E-state index in [0.717, 1.165) is 26.1 Å². The Labute approximate surface area is 151 Å². The van der Waals surface area contributed by atoms with E-state index in [4.69, 9.17) is 34.8 Å². The van der Waals surface area contributed by atoms with Gasteiger partial charge in [-0.3, -0.25) is 4.57 Å². The molecule has 3 rings (SSSR count). The fraction of sp³-hybridized carbons (Fsp3) is 0.133. The lowest BCUT2D eigenvalue weighted by atomic mass is 10.2. The van der Waals surface area contributed by atoms with Crippen molar-refractivity contribution in [2.45, 2.75) is 12.3 Å². The van der Waals surface area contributed by atoms with Crippen LogP contribution in [0.2, 0.25) is 10.0 Å². The van der Waals surface area contributed by atoms with Gasteiger partial charge in [-0.2, -0.15) is 0 Å². The quantitative estimate of drug-likeness (QED) is 0.333. The molecule has 1 unspecified atom stereocenters. The lowest BCUT2D eigenvalue weighted by Gasteiger charge is -2.12. The highest BCUT2D eigenvalue weighted by molar-refractivity contribution is 14.1. The van der Waals surface area contributed by atoms with Gasteiger partial charge in [0.25, 0.3) is 0 Å². The molecular formula is C15H10Cl3IN2. The number of rotatable bonds is 2. The van der Waals surface area contributed by atoms with Crippen molar-refractivity contribution in [1.29, 1.82) is 0 Å². The Kier molecular flexibility index (Phi) is 4.37. The van der Waals surface area contributed by atoms with E-state index < -0.39 is 0 Å². The van der Waals surface area contributed by atoms with E-state index in [-0.39, 0.29) is 5.38 Å². The SMILES string of the molecule is CC(Cl)c1nc2ccc(Cl)cc2n1-c1ccc(I)cc1Cl. The van der Waals surface area contributed by atoms with E-state index in [1.54, 1.807) is 0 Å². The highest BCUT2D eigenvalue weighted by Gasteiger charge is 2.18. The second kappa shape index (κ2) is 5.95. The van der Waals surface area contributed by atoms with Crippen molar-refractivity contribution in [3.8, 4) is 5.69 Å². The summed E-state index contributed by atoms with van der Waals surface area (Å²) >= 11 is 21.1. The van der Waals surface area contributed by atoms with Crippen LogP contribution in [-0.4, -0.2) is 9.55 Å². The monoisotopic (exact) mass is 450 g/mol. The predicted molar refractivity (Wildman–Crippen MR) is 98.1 cm³/mol. The minimum absolute atomic E-state index is 0.244. The molecule has 2 aromatic carbocycles. The molecule has 0 spiro atoms. The summed E-state index contributed by atoms with van der Waals surface area (Å²) < 4.78 is 3.04.